The fraction of sp³-hybridized carbons (Fsp3) is 0.381. The minimum Gasteiger partial charge on any atom is -0.362 e. The summed E-state index contributed by atoms with van der Waals surface area (Å²) < 4.78 is 38.7. The van der Waals surface area contributed by atoms with Gasteiger partial charge in [0, 0.05) is 49.3 Å². The minimum absolute atomic E-state index is 0.00109. The molecule has 10 heteroatoms. The fourth-order valence-corrected chi connectivity index (χ4v) is 4.20. The number of hydrogen-bond acceptors (Lipinski definition) is 5. The molecule has 0 N–H and O–H groups in total. The van der Waals surface area contributed by atoms with E-state index in [4.69, 9.17) is 0 Å². The van der Waals surface area contributed by atoms with Gasteiger partial charge in [0.05, 0.1) is 10.5 Å². The molecule has 0 unspecified atom stereocenters. The van der Waals surface area contributed by atoms with E-state index >= 15 is 0 Å². The average molecular weight is 453 g/mol. The molecule has 2 aromatic carbocycles. The lowest BCUT2D eigenvalue weighted by molar-refractivity contribution is -0.384. The van der Waals surface area contributed by atoms with E-state index in [1.807, 2.05) is 31.2 Å². The number of amides is 1. The van der Waals surface area contributed by atoms with Gasteiger partial charge in [0.15, 0.2) is 0 Å². The maximum Gasteiger partial charge on any atom is 0.416 e. The molecule has 166 valence electrons. The summed E-state index contributed by atoms with van der Waals surface area (Å²) in [6.45, 7) is 3.39. The molecule has 0 aliphatic carbocycles. The molecular formula is C21H22F3N3O3S. The van der Waals surface area contributed by atoms with Crippen LogP contribution < -0.4 is 4.90 Å². The van der Waals surface area contributed by atoms with Gasteiger partial charge in [0.25, 0.3) is 5.69 Å². The zero-order valence-corrected chi connectivity index (χ0v) is 17.7. The first-order valence-electron chi connectivity index (χ1n) is 9.73. The summed E-state index contributed by atoms with van der Waals surface area (Å²) in [6.07, 6.45) is -4.27. The normalized spacial score (nSPS) is 14.6. The minimum atomic E-state index is -4.65. The summed E-state index contributed by atoms with van der Waals surface area (Å²) in [7, 11) is 0. The second-order valence-corrected chi connectivity index (χ2v) is 8.41. The largest absolute Gasteiger partial charge is 0.416 e. The number of anilines is 1. The lowest BCUT2D eigenvalue weighted by Crippen LogP contribution is -2.49. The molecule has 1 heterocycles. The van der Waals surface area contributed by atoms with Crippen molar-refractivity contribution in [3.8, 4) is 0 Å². The van der Waals surface area contributed by atoms with Crippen LogP contribution in [-0.4, -0.2) is 47.7 Å². The molecule has 6 nitrogen and oxygen atoms in total. The van der Waals surface area contributed by atoms with Crippen LogP contribution >= 0.6 is 11.8 Å². The maximum absolute atomic E-state index is 12.9. The number of thioether (sulfide) groups is 1. The number of piperazine rings is 1. The van der Waals surface area contributed by atoms with Crippen LogP contribution in [0.25, 0.3) is 0 Å². The summed E-state index contributed by atoms with van der Waals surface area (Å²) in [5, 5.41) is 11.3. The number of nitro groups is 1. The zero-order chi connectivity index (χ0) is 22.6. The standard InChI is InChI=1S/C21H22F3N3O3S/c1-15-2-5-17(6-3-15)31-13-8-20(28)26-11-9-25(10-12-26)18-7-4-16(21(22,23)24)14-19(18)27(29)30/h2-7,14H,8-13H2,1H3. The number of hydrogen-bond donors (Lipinski definition) is 0. The molecule has 0 atom stereocenters. The molecule has 0 saturated carbocycles. The lowest BCUT2D eigenvalue weighted by atomic mass is 10.1. The quantitative estimate of drug-likeness (QED) is 0.359. The van der Waals surface area contributed by atoms with Gasteiger partial charge in [-0.1, -0.05) is 17.7 Å². The molecule has 1 aliphatic heterocycles. The van der Waals surface area contributed by atoms with Crippen molar-refractivity contribution in [2.45, 2.75) is 24.4 Å². The van der Waals surface area contributed by atoms with Crippen LogP contribution in [0.4, 0.5) is 24.5 Å². The second-order valence-electron chi connectivity index (χ2n) is 7.24. The van der Waals surface area contributed by atoms with Crippen LogP contribution in [0.15, 0.2) is 47.4 Å². The van der Waals surface area contributed by atoms with E-state index in [0.717, 1.165) is 17.0 Å². The van der Waals surface area contributed by atoms with Gasteiger partial charge < -0.3 is 9.80 Å². The maximum atomic E-state index is 12.9. The Labute approximate surface area is 182 Å². The first-order valence-corrected chi connectivity index (χ1v) is 10.7. The Hall–Kier alpha value is -2.75. The summed E-state index contributed by atoms with van der Waals surface area (Å²) in [5.74, 6) is 0.646. The smallest absolute Gasteiger partial charge is 0.362 e. The molecule has 1 fully saturated rings. The van der Waals surface area contributed by atoms with E-state index in [2.05, 4.69) is 0 Å². The van der Waals surface area contributed by atoms with Crippen molar-refractivity contribution in [2.24, 2.45) is 0 Å². The van der Waals surface area contributed by atoms with Crippen LogP contribution in [-0.2, 0) is 11.0 Å². The molecule has 0 spiro atoms. The van der Waals surface area contributed by atoms with E-state index in [9.17, 15) is 28.1 Å². The van der Waals surface area contributed by atoms with E-state index in [-0.39, 0.29) is 11.6 Å². The SMILES string of the molecule is Cc1ccc(SCCC(=O)N2CCN(c3ccc(C(F)(F)F)cc3[N+](=O)[O-])CC2)cc1. The molecule has 1 saturated heterocycles. The van der Waals surface area contributed by atoms with Crippen molar-refractivity contribution in [2.75, 3.05) is 36.8 Å². The average Bonchev–Trinajstić information content (AvgIpc) is 2.74. The molecule has 0 bridgehead atoms. The molecule has 31 heavy (non-hydrogen) atoms. The summed E-state index contributed by atoms with van der Waals surface area (Å²) in [6, 6.07) is 10.6. The van der Waals surface area contributed by atoms with Gasteiger partial charge in [-0.2, -0.15) is 13.2 Å². The van der Waals surface area contributed by atoms with Crippen LogP contribution in [0.5, 0.6) is 0 Å². The molecule has 1 aliphatic rings. The molecule has 2 aromatic rings. The van der Waals surface area contributed by atoms with Crippen molar-refractivity contribution >= 4 is 29.0 Å². The Morgan fingerprint density at radius 1 is 1.10 bits per heavy atom. The third-order valence-corrected chi connectivity index (χ3v) is 6.09. The van der Waals surface area contributed by atoms with Crippen molar-refractivity contribution in [3.63, 3.8) is 0 Å². The van der Waals surface area contributed by atoms with Crippen molar-refractivity contribution < 1.29 is 22.9 Å². The zero-order valence-electron chi connectivity index (χ0n) is 16.9. The number of carbonyl (C=O) groups excluding carboxylic acids is 1. The summed E-state index contributed by atoms with van der Waals surface area (Å²) >= 11 is 1.60. The van der Waals surface area contributed by atoms with Gasteiger partial charge in [-0.3, -0.25) is 14.9 Å². The number of nitrogens with zero attached hydrogens (tertiary/aromatic N) is 3. The Balaban J connectivity index is 1.55. The first-order chi connectivity index (χ1) is 14.6. The first kappa shape index (κ1) is 22.9. The Bertz CT molecular complexity index is 943. The highest BCUT2D eigenvalue weighted by Crippen LogP contribution is 2.36. The molecule has 0 aromatic heterocycles. The number of nitro benzene ring substituents is 1. The predicted octanol–water partition coefficient (Wildman–Crippen LogP) is 4.75. The van der Waals surface area contributed by atoms with E-state index in [1.165, 1.54) is 5.56 Å². The van der Waals surface area contributed by atoms with Gasteiger partial charge >= 0.3 is 6.18 Å². The van der Waals surface area contributed by atoms with Crippen LogP contribution in [0.3, 0.4) is 0 Å². The number of carbonyl (C=O) groups is 1. The van der Waals surface area contributed by atoms with Crippen molar-refractivity contribution in [1.82, 2.24) is 4.90 Å². The topological polar surface area (TPSA) is 66.7 Å². The van der Waals surface area contributed by atoms with Crippen molar-refractivity contribution in [1.29, 1.82) is 0 Å². The fourth-order valence-electron chi connectivity index (χ4n) is 3.36. The lowest BCUT2D eigenvalue weighted by Gasteiger charge is -2.36. The van der Waals surface area contributed by atoms with Gasteiger partial charge in [0.1, 0.15) is 5.69 Å². The molecule has 0 radical (unpaired) electrons. The Kier molecular flexibility index (Phi) is 7.09. The number of alkyl halides is 3. The van der Waals surface area contributed by atoms with E-state index < -0.39 is 22.4 Å². The van der Waals surface area contributed by atoms with E-state index in [0.29, 0.717) is 44.4 Å². The highest BCUT2D eigenvalue weighted by atomic mass is 32.2. The number of rotatable bonds is 6. The van der Waals surface area contributed by atoms with Crippen molar-refractivity contribution in [3.05, 3.63) is 63.7 Å². The van der Waals surface area contributed by atoms with Gasteiger partial charge in [-0.25, -0.2) is 0 Å². The molecular weight excluding hydrogens is 431 g/mol. The third kappa shape index (κ3) is 5.90. The van der Waals surface area contributed by atoms with Crippen LogP contribution in [0.1, 0.15) is 17.5 Å². The Morgan fingerprint density at radius 2 is 1.74 bits per heavy atom. The van der Waals surface area contributed by atoms with E-state index in [1.54, 1.807) is 21.6 Å². The van der Waals surface area contributed by atoms with Gasteiger partial charge in [-0.05, 0) is 31.2 Å². The van der Waals surface area contributed by atoms with Crippen LogP contribution in [0, 0.1) is 17.0 Å². The number of aryl methyl sites for hydroxylation is 1. The second kappa shape index (κ2) is 9.59. The summed E-state index contributed by atoms with van der Waals surface area (Å²) in [4.78, 5) is 27.4. The van der Waals surface area contributed by atoms with Gasteiger partial charge in [-0.15, -0.1) is 11.8 Å². The Morgan fingerprint density at radius 3 is 2.32 bits per heavy atom. The number of benzene rings is 2. The summed E-state index contributed by atoms with van der Waals surface area (Å²) in [5.41, 5.74) is -0.321. The van der Waals surface area contributed by atoms with Crippen LogP contribution in [0.2, 0.25) is 0 Å². The highest BCUT2D eigenvalue weighted by Gasteiger charge is 2.34. The number of halogens is 3. The molecule has 3 rings (SSSR count). The van der Waals surface area contributed by atoms with Gasteiger partial charge in [0.2, 0.25) is 5.91 Å². The monoisotopic (exact) mass is 453 g/mol. The predicted molar refractivity (Wildman–Crippen MR) is 113 cm³/mol. The third-order valence-electron chi connectivity index (χ3n) is 5.08. The highest BCUT2D eigenvalue weighted by molar-refractivity contribution is 7.99. The molecule has 1 amide bonds.